The van der Waals surface area contributed by atoms with Crippen molar-refractivity contribution < 1.29 is 0 Å². The molecule has 0 spiro atoms. The van der Waals surface area contributed by atoms with Gasteiger partial charge in [0.2, 0.25) is 0 Å². The highest BCUT2D eigenvalue weighted by molar-refractivity contribution is 7.44. The third-order valence-corrected chi connectivity index (χ3v) is 15.2. The summed E-state index contributed by atoms with van der Waals surface area (Å²) in [5.74, 6) is 0. The van der Waals surface area contributed by atoms with E-state index >= 15 is 0 Å². The molecule has 0 aliphatic heterocycles. The molecule has 0 N–H and O–H groups in total. The van der Waals surface area contributed by atoms with Gasteiger partial charge in [-0.05, 0) is 33.3 Å². The van der Waals surface area contributed by atoms with E-state index in [-0.39, 0.29) is 0 Å². The summed E-state index contributed by atoms with van der Waals surface area (Å²) in [5.41, 5.74) is 0. The van der Waals surface area contributed by atoms with Crippen LogP contribution in [-0.2, 0) is 0 Å². The maximum atomic E-state index is 6.50. The molecule has 1 heterocycles. The van der Waals surface area contributed by atoms with Crippen LogP contribution in [0.2, 0.25) is 9.66 Å². The topological polar surface area (TPSA) is 0 Å². The third-order valence-electron chi connectivity index (χ3n) is 2.94. The highest BCUT2D eigenvalue weighted by Crippen LogP contribution is 2.34. The Morgan fingerprint density at radius 2 is 1.44 bits per heavy atom. The average molecular weight is 348 g/mol. The smallest absolute Gasteiger partial charge is 0.137 e. The number of hydrogen-bond acceptors (Lipinski definition) is 0. The van der Waals surface area contributed by atoms with Crippen LogP contribution >= 0.6 is 45.4 Å². The zero-order valence-electron chi connectivity index (χ0n) is 8.98. The summed E-state index contributed by atoms with van der Waals surface area (Å²) in [4.78, 5) is 1.08. The lowest BCUT2D eigenvalue weighted by Gasteiger charge is -2.09. The SMILES string of the molecule is Clc1c(Cl)[si](Cl)[si](Cl)c2cc3ccccc3cc12. The maximum Gasteiger partial charge on any atom is 0.172 e. The van der Waals surface area contributed by atoms with Gasteiger partial charge in [0.25, 0.3) is 0 Å². The van der Waals surface area contributed by atoms with Crippen molar-refractivity contribution >= 4 is 80.9 Å². The fourth-order valence-electron chi connectivity index (χ4n) is 2.03. The number of rotatable bonds is 0. The lowest BCUT2D eigenvalue weighted by atomic mass is 10.1. The highest BCUT2D eigenvalue weighted by Gasteiger charge is 2.16. The minimum Gasteiger partial charge on any atom is -0.137 e. The molecule has 0 fully saturated rings. The van der Waals surface area contributed by atoms with E-state index in [1.54, 1.807) is 0 Å². The minimum absolute atomic E-state index is 0.565. The zero-order valence-corrected chi connectivity index (χ0v) is 14.0. The van der Waals surface area contributed by atoms with Crippen LogP contribution in [-0.4, -0.2) is 14.4 Å². The van der Waals surface area contributed by atoms with Gasteiger partial charge in [-0.2, -0.15) is 0 Å². The van der Waals surface area contributed by atoms with Gasteiger partial charge in [0.05, 0.1) is 9.66 Å². The fourth-order valence-corrected chi connectivity index (χ4v) is 10.6. The van der Waals surface area contributed by atoms with Crippen molar-refractivity contribution in [2.45, 2.75) is 0 Å². The molecule has 0 radical (unpaired) electrons. The number of fused-ring (bicyclic) bond motifs is 2. The maximum absolute atomic E-state index is 6.50. The Labute approximate surface area is 126 Å². The monoisotopic (exact) mass is 346 g/mol. The van der Waals surface area contributed by atoms with Crippen molar-refractivity contribution in [1.82, 2.24) is 0 Å². The molecule has 90 valence electrons. The van der Waals surface area contributed by atoms with Crippen LogP contribution in [0.5, 0.6) is 0 Å². The third kappa shape index (κ3) is 1.96. The van der Waals surface area contributed by atoms with Crippen molar-refractivity contribution in [3.8, 4) is 0 Å². The first-order chi connectivity index (χ1) is 8.59. The van der Waals surface area contributed by atoms with Crippen LogP contribution in [0.15, 0.2) is 36.4 Å². The van der Waals surface area contributed by atoms with E-state index in [0.717, 1.165) is 21.2 Å². The molecule has 1 aromatic heterocycles. The van der Waals surface area contributed by atoms with Gasteiger partial charge < -0.3 is 0 Å². The van der Waals surface area contributed by atoms with E-state index in [0.29, 0.717) is 9.66 Å². The van der Waals surface area contributed by atoms with Crippen molar-refractivity contribution in [3.63, 3.8) is 0 Å². The van der Waals surface area contributed by atoms with E-state index in [9.17, 15) is 0 Å². The molecule has 3 aromatic rings. The molecule has 0 aliphatic rings. The van der Waals surface area contributed by atoms with Gasteiger partial charge >= 0.3 is 0 Å². The molecular weight excluding hydrogens is 342 g/mol. The van der Waals surface area contributed by atoms with Crippen molar-refractivity contribution in [1.29, 1.82) is 0 Å². The first-order valence-corrected chi connectivity index (χ1v) is 12.0. The van der Waals surface area contributed by atoms with E-state index < -0.39 is 14.4 Å². The molecule has 2 aromatic carbocycles. The lowest BCUT2D eigenvalue weighted by molar-refractivity contribution is 1.81. The summed E-state index contributed by atoms with van der Waals surface area (Å²) in [6.07, 6.45) is 0. The van der Waals surface area contributed by atoms with Gasteiger partial charge in [0, 0.05) is 0 Å². The molecule has 0 atom stereocenters. The van der Waals surface area contributed by atoms with E-state index in [1.165, 1.54) is 0 Å². The highest BCUT2D eigenvalue weighted by atomic mass is 35.6. The Bertz CT molecular complexity index is 720. The fraction of sp³-hybridized carbons (Fsp3) is 0. The van der Waals surface area contributed by atoms with E-state index in [2.05, 4.69) is 18.2 Å². The predicted octanol–water partition coefficient (Wildman–Crippen LogP) is 5.36. The van der Waals surface area contributed by atoms with Gasteiger partial charge in [0.1, 0.15) is 0 Å². The number of benzene rings is 2. The lowest BCUT2D eigenvalue weighted by Crippen LogP contribution is -2.05. The van der Waals surface area contributed by atoms with Crippen LogP contribution in [0.25, 0.3) is 21.2 Å². The van der Waals surface area contributed by atoms with Crippen molar-refractivity contribution in [3.05, 3.63) is 46.1 Å². The van der Waals surface area contributed by atoms with Crippen LogP contribution in [0.3, 0.4) is 0 Å². The minimum atomic E-state index is -1.42. The number of hydrogen-bond donors (Lipinski definition) is 0. The zero-order chi connectivity index (χ0) is 12.9. The van der Waals surface area contributed by atoms with E-state index in [4.69, 9.17) is 45.4 Å². The van der Waals surface area contributed by atoms with Crippen LogP contribution < -0.4 is 0 Å². The molecular formula is C12H6Cl4Si2. The second-order valence-corrected chi connectivity index (χ2v) is 14.5. The second kappa shape index (κ2) is 4.85. The first kappa shape index (κ1) is 13.0. The normalized spacial score (nSPS) is 11.3. The Morgan fingerprint density at radius 1 is 0.833 bits per heavy atom. The molecule has 0 unspecified atom stereocenters. The molecule has 0 saturated heterocycles. The van der Waals surface area contributed by atoms with Crippen molar-refractivity contribution in [2.24, 2.45) is 0 Å². The number of halogens is 4. The summed E-state index contributed by atoms with van der Waals surface area (Å²) < 4.78 is 0.565. The molecule has 0 nitrogen and oxygen atoms in total. The Morgan fingerprint density at radius 3 is 2.11 bits per heavy atom. The summed E-state index contributed by atoms with van der Waals surface area (Å²) in [6.45, 7) is 0. The first-order valence-electron chi connectivity index (χ1n) is 5.24. The van der Waals surface area contributed by atoms with Crippen LogP contribution in [0.1, 0.15) is 0 Å². The molecule has 18 heavy (non-hydrogen) atoms. The molecule has 0 amide bonds. The Balaban J connectivity index is 2.58. The molecule has 0 bridgehead atoms. The Hall–Kier alpha value is 0.0338. The molecule has 6 heteroatoms. The van der Waals surface area contributed by atoms with Gasteiger partial charge in [-0.1, -0.05) is 47.5 Å². The predicted molar refractivity (Wildman–Crippen MR) is 85.9 cm³/mol. The van der Waals surface area contributed by atoms with Gasteiger partial charge in [-0.25, -0.2) is 0 Å². The summed E-state index contributed by atoms with van der Waals surface area (Å²) in [5, 5.41) is 3.80. The van der Waals surface area contributed by atoms with Crippen LogP contribution in [0.4, 0.5) is 0 Å². The second-order valence-electron chi connectivity index (χ2n) is 4.00. The van der Waals surface area contributed by atoms with Crippen molar-refractivity contribution in [2.75, 3.05) is 0 Å². The van der Waals surface area contributed by atoms with Gasteiger partial charge in [0.15, 0.2) is 14.4 Å². The quantitative estimate of drug-likeness (QED) is 0.292. The molecule has 0 aliphatic carbocycles. The van der Waals surface area contributed by atoms with Gasteiger partial charge in [-0.15, -0.1) is 22.2 Å². The Kier molecular flexibility index (Phi) is 3.52. The molecule has 3 rings (SSSR count). The van der Waals surface area contributed by atoms with Crippen LogP contribution in [0, 0.1) is 0 Å². The molecule has 0 saturated carbocycles. The summed E-state index contributed by atoms with van der Waals surface area (Å²) in [7, 11) is -2.76. The summed E-state index contributed by atoms with van der Waals surface area (Å²) >= 11 is 25.3. The van der Waals surface area contributed by atoms with Gasteiger partial charge in [-0.3, -0.25) is 0 Å². The standard InChI is InChI=1S/C12H6Cl4Si2/c13-11-9-5-7-3-1-2-4-8(7)6-10(9)17(15)18(16)12(11)14/h1-6H. The summed E-state index contributed by atoms with van der Waals surface area (Å²) in [6, 6.07) is 12.3. The average Bonchev–Trinajstić information content (AvgIpc) is 2.41. The van der Waals surface area contributed by atoms with E-state index in [1.807, 2.05) is 18.2 Å². The largest absolute Gasteiger partial charge is 0.172 e.